The van der Waals surface area contributed by atoms with Crippen molar-refractivity contribution in [3.8, 4) is 0 Å². The Kier molecular flexibility index (Phi) is 21.5. The third kappa shape index (κ3) is 17.4. The Morgan fingerprint density at radius 1 is 0.611 bits per heavy atom. The molecular formula is C35H66O. The second kappa shape index (κ2) is 20.9. The molecule has 0 unspecified atom stereocenters. The van der Waals surface area contributed by atoms with Crippen molar-refractivity contribution >= 4 is 0 Å². The molecule has 1 heteroatoms. The fraction of sp³-hybridized carbons (Fsp3) is 0.771. The van der Waals surface area contributed by atoms with Crippen LogP contribution < -0.4 is 0 Å². The molecule has 0 radical (unpaired) electrons. The second-order valence-corrected chi connectivity index (χ2v) is 12.3. The smallest absolute Gasteiger partial charge is 0.0540 e. The van der Waals surface area contributed by atoms with E-state index in [1.165, 1.54) is 70.6 Å². The largest absolute Gasteiger partial charge is 0.393 e. The van der Waals surface area contributed by atoms with Crippen LogP contribution in [0.5, 0.6) is 0 Å². The Bertz CT molecular complexity index is 557. The van der Waals surface area contributed by atoms with E-state index in [2.05, 4.69) is 60.9 Å². The lowest BCUT2D eigenvalue weighted by molar-refractivity contribution is 0.0156. The number of unbranched alkanes of at least 4 members (excludes halogenated alkanes) is 2. The zero-order valence-electron chi connectivity index (χ0n) is 26.3. The summed E-state index contributed by atoms with van der Waals surface area (Å²) in [6.07, 6.45) is 17.3. The lowest BCUT2D eigenvalue weighted by atomic mass is 9.59. The summed E-state index contributed by atoms with van der Waals surface area (Å²) in [5, 5.41) is 9.72. The number of aliphatic hydroxyl groups excluding tert-OH is 1. The fourth-order valence-corrected chi connectivity index (χ4v) is 4.84. The summed E-state index contributed by atoms with van der Waals surface area (Å²) < 4.78 is 0. The molecule has 0 saturated heterocycles. The average Bonchev–Trinajstić information content (AvgIpc) is 2.84. The van der Waals surface area contributed by atoms with Crippen molar-refractivity contribution in [2.24, 2.45) is 23.2 Å². The van der Waals surface area contributed by atoms with Gasteiger partial charge in [0, 0.05) is 0 Å². The topological polar surface area (TPSA) is 20.2 Å². The number of rotatable bonds is 8. The van der Waals surface area contributed by atoms with Gasteiger partial charge >= 0.3 is 0 Å². The molecule has 0 aliphatic heterocycles. The van der Waals surface area contributed by atoms with Gasteiger partial charge in [0.2, 0.25) is 0 Å². The van der Waals surface area contributed by atoms with E-state index in [-0.39, 0.29) is 6.10 Å². The predicted octanol–water partition coefficient (Wildman–Crippen LogP) is 11.6. The Morgan fingerprint density at radius 2 is 0.944 bits per heavy atom. The molecule has 2 saturated carbocycles. The third-order valence-electron chi connectivity index (χ3n) is 8.57. The molecule has 2 aliphatic carbocycles. The highest BCUT2D eigenvalue weighted by atomic mass is 16.3. The zero-order chi connectivity index (χ0) is 28.3. The first-order chi connectivity index (χ1) is 16.7. The van der Waals surface area contributed by atoms with Crippen molar-refractivity contribution in [1.29, 1.82) is 0 Å². The van der Waals surface area contributed by atoms with Crippen LogP contribution in [0.1, 0.15) is 146 Å². The van der Waals surface area contributed by atoms with Crippen LogP contribution in [0.25, 0.3) is 0 Å². The highest BCUT2D eigenvalue weighted by Gasteiger charge is 2.40. The van der Waals surface area contributed by atoms with E-state index in [0.717, 1.165) is 52.9 Å². The van der Waals surface area contributed by atoms with Crippen molar-refractivity contribution < 1.29 is 5.11 Å². The Balaban J connectivity index is 0. The highest BCUT2D eigenvalue weighted by Crippen LogP contribution is 2.49. The summed E-state index contributed by atoms with van der Waals surface area (Å²) in [6.45, 7) is 34.1. The highest BCUT2D eigenvalue weighted by molar-refractivity contribution is 5.19. The van der Waals surface area contributed by atoms with Crippen molar-refractivity contribution in [3.63, 3.8) is 0 Å². The first kappa shape index (κ1) is 37.1. The van der Waals surface area contributed by atoms with Crippen LogP contribution in [0.3, 0.4) is 0 Å². The van der Waals surface area contributed by atoms with Gasteiger partial charge in [-0.05, 0) is 89.4 Å². The summed E-state index contributed by atoms with van der Waals surface area (Å²) in [6, 6.07) is 0. The lowest BCUT2D eigenvalue weighted by Gasteiger charge is -2.46. The van der Waals surface area contributed by atoms with Gasteiger partial charge in [-0.15, -0.1) is 0 Å². The molecule has 1 N–H and O–H groups in total. The maximum Gasteiger partial charge on any atom is 0.0540 e. The van der Waals surface area contributed by atoms with E-state index in [4.69, 9.17) is 0 Å². The SMILES string of the molecule is C=C(C)C(=C)C.C=C(C)C(=C)C.CCCC.CCCCC1CCC(C(C)(C)C2CCC(O)CC2)CC1. The molecule has 2 rings (SSSR count). The predicted molar refractivity (Wildman–Crippen MR) is 167 cm³/mol. The summed E-state index contributed by atoms with van der Waals surface area (Å²) in [4.78, 5) is 0. The molecule has 0 amide bonds. The first-order valence-corrected chi connectivity index (χ1v) is 15.0. The van der Waals surface area contributed by atoms with Crippen molar-refractivity contribution in [2.75, 3.05) is 0 Å². The first-order valence-electron chi connectivity index (χ1n) is 15.0. The minimum Gasteiger partial charge on any atom is -0.393 e. The number of aliphatic hydroxyl groups is 1. The normalized spacial score (nSPS) is 23.4. The van der Waals surface area contributed by atoms with Crippen LogP contribution in [-0.2, 0) is 0 Å². The Hall–Kier alpha value is -1.08. The van der Waals surface area contributed by atoms with Crippen LogP contribution >= 0.6 is 0 Å². The molecule has 2 fully saturated rings. The lowest BCUT2D eigenvalue weighted by Crippen LogP contribution is -2.37. The molecule has 0 aromatic carbocycles. The van der Waals surface area contributed by atoms with E-state index in [9.17, 15) is 5.11 Å². The van der Waals surface area contributed by atoms with Crippen molar-refractivity contribution in [2.45, 2.75) is 152 Å². The van der Waals surface area contributed by atoms with Crippen molar-refractivity contribution in [3.05, 3.63) is 48.6 Å². The van der Waals surface area contributed by atoms with Gasteiger partial charge < -0.3 is 5.11 Å². The maximum atomic E-state index is 9.72. The standard InChI is InChI=1S/C19H36O.2C6H10.C4H10/c1-4-5-6-15-7-9-16(10-8-15)19(2,3)17-11-13-18(20)14-12-17;2*1-5(2)6(3)4;1-3-4-2/h15-18,20H,4-14H2,1-3H3;2*1,3H2,2,4H3;3-4H2,1-2H3. The fourth-order valence-electron chi connectivity index (χ4n) is 4.84. The molecule has 0 atom stereocenters. The van der Waals surface area contributed by atoms with Gasteiger partial charge in [0.1, 0.15) is 0 Å². The van der Waals surface area contributed by atoms with Gasteiger partial charge in [0.25, 0.3) is 0 Å². The van der Waals surface area contributed by atoms with Gasteiger partial charge in [-0.1, -0.05) is 128 Å². The molecule has 2 aliphatic rings. The monoisotopic (exact) mass is 503 g/mol. The summed E-state index contributed by atoms with van der Waals surface area (Å²) in [5.74, 6) is 2.80. The van der Waals surface area contributed by atoms with E-state index >= 15 is 0 Å². The van der Waals surface area contributed by atoms with Crippen molar-refractivity contribution in [1.82, 2.24) is 0 Å². The van der Waals surface area contributed by atoms with Crippen LogP contribution in [0.15, 0.2) is 48.6 Å². The summed E-state index contributed by atoms with van der Waals surface area (Å²) in [5.41, 5.74) is 4.76. The van der Waals surface area contributed by atoms with Gasteiger partial charge in [-0.2, -0.15) is 0 Å². The number of allylic oxidation sites excluding steroid dienone is 4. The molecular weight excluding hydrogens is 436 g/mol. The van der Waals surface area contributed by atoms with Crippen LogP contribution in [-0.4, -0.2) is 11.2 Å². The second-order valence-electron chi connectivity index (χ2n) is 12.3. The average molecular weight is 503 g/mol. The quantitative estimate of drug-likeness (QED) is 0.327. The molecule has 0 bridgehead atoms. The minimum absolute atomic E-state index is 0.00756. The molecule has 0 aromatic heterocycles. The number of hydrogen-bond acceptors (Lipinski definition) is 1. The molecule has 212 valence electrons. The van der Waals surface area contributed by atoms with Gasteiger partial charge in [0.05, 0.1) is 6.10 Å². The Morgan fingerprint density at radius 3 is 1.22 bits per heavy atom. The Labute approximate surface area is 228 Å². The van der Waals surface area contributed by atoms with E-state index in [1.54, 1.807) is 0 Å². The van der Waals surface area contributed by atoms with E-state index in [0.29, 0.717) is 5.41 Å². The van der Waals surface area contributed by atoms with Crippen LogP contribution in [0.2, 0.25) is 0 Å². The zero-order valence-corrected chi connectivity index (χ0v) is 26.3. The van der Waals surface area contributed by atoms with Gasteiger partial charge in [-0.3, -0.25) is 0 Å². The maximum absolute atomic E-state index is 9.72. The van der Waals surface area contributed by atoms with Gasteiger partial charge in [0.15, 0.2) is 0 Å². The molecule has 36 heavy (non-hydrogen) atoms. The molecule has 0 heterocycles. The summed E-state index contributed by atoms with van der Waals surface area (Å²) >= 11 is 0. The molecule has 0 aromatic rings. The molecule has 1 nitrogen and oxygen atoms in total. The van der Waals surface area contributed by atoms with Crippen LogP contribution in [0, 0.1) is 23.2 Å². The summed E-state index contributed by atoms with van der Waals surface area (Å²) in [7, 11) is 0. The van der Waals surface area contributed by atoms with E-state index < -0.39 is 0 Å². The molecule has 0 spiro atoms. The van der Waals surface area contributed by atoms with E-state index in [1.807, 2.05) is 27.7 Å². The third-order valence-corrected chi connectivity index (χ3v) is 8.57. The van der Waals surface area contributed by atoms with Crippen LogP contribution in [0.4, 0.5) is 0 Å². The number of hydrogen-bond donors (Lipinski definition) is 1. The minimum atomic E-state index is -0.00756. The van der Waals surface area contributed by atoms with Gasteiger partial charge in [-0.25, -0.2) is 0 Å².